The fourth-order valence-corrected chi connectivity index (χ4v) is 15.6. The predicted molar refractivity (Wildman–Crippen MR) is 525 cm³/mol. The minimum atomic E-state index is -0.611. The van der Waals surface area contributed by atoms with E-state index in [1.54, 1.807) is 109 Å². The number of hydrogen-bond acceptors (Lipinski definition) is 27. The van der Waals surface area contributed by atoms with E-state index in [1.165, 1.54) is 11.3 Å². The van der Waals surface area contributed by atoms with Crippen molar-refractivity contribution in [2.75, 3.05) is 58.5 Å². The highest BCUT2D eigenvalue weighted by Crippen LogP contribution is 2.45. The van der Waals surface area contributed by atoms with Crippen LogP contribution >= 0.6 is 80.7 Å². The average Bonchev–Trinajstić information content (AvgIpc) is 0.823. The van der Waals surface area contributed by atoms with Gasteiger partial charge < -0.3 is 67.9 Å². The Hall–Kier alpha value is -12.0. The number of benzene rings is 5. The van der Waals surface area contributed by atoms with Crippen molar-refractivity contribution in [3.05, 3.63) is 181 Å². The molecular formula is C96H105Cl5N14O13S2. The van der Waals surface area contributed by atoms with E-state index in [4.69, 9.17) is 136 Å². The number of nitrogens with two attached hydrogens (primary N) is 1. The molecule has 1 amide bonds. The van der Waals surface area contributed by atoms with Crippen LogP contribution in [0.2, 0.25) is 25.1 Å². The van der Waals surface area contributed by atoms with E-state index in [9.17, 15) is 4.79 Å². The fraction of sp³-hybridized carbons (Fsp3) is 0.323. The van der Waals surface area contributed by atoms with Gasteiger partial charge in [-0.3, -0.25) is 5.32 Å². The van der Waals surface area contributed by atoms with Gasteiger partial charge in [-0.05, 0) is 202 Å². The summed E-state index contributed by atoms with van der Waals surface area (Å²) < 4.78 is 69.1. The zero-order valence-corrected chi connectivity index (χ0v) is 81.7. The number of nitrogens with one attached hydrogen (secondary N) is 2. The quantitative estimate of drug-likeness (QED) is 0.0453. The van der Waals surface area contributed by atoms with Gasteiger partial charge in [0.2, 0.25) is 0 Å². The molecule has 0 saturated carbocycles. The van der Waals surface area contributed by atoms with Crippen LogP contribution in [-0.2, 0) is 4.74 Å². The van der Waals surface area contributed by atoms with E-state index in [2.05, 4.69) is 66.4 Å². The summed E-state index contributed by atoms with van der Waals surface area (Å²) in [5.41, 5.74) is 13.7. The number of halogens is 5. The second-order valence-electron chi connectivity index (χ2n) is 31.8. The topological polar surface area (TPSA) is 312 Å². The summed E-state index contributed by atoms with van der Waals surface area (Å²) >= 11 is 35.5. The molecule has 0 aliphatic heterocycles. The number of pyridine rings is 7. The smallest absolute Gasteiger partial charge is 0.413 e. The number of ether oxygens (including phenoxy) is 12. The van der Waals surface area contributed by atoms with Gasteiger partial charge >= 0.3 is 6.09 Å². The number of thiazole rings is 2. The van der Waals surface area contributed by atoms with Gasteiger partial charge in [-0.1, -0.05) is 88.4 Å². The van der Waals surface area contributed by atoms with Gasteiger partial charge in [0.25, 0.3) is 5.19 Å². The zero-order valence-electron chi connectivity index (χ0n) is 76.3. The third-order valence-corrected chi connectivity index (χ3v) is 21.7. The fourth-order valence-electron chi connectivity index (χ4n) is 12.8. The highest BCUT2D eigenvalue weighted by molar-refractivity contribution is 7.13. The molecule has 10 heterocycles. The molecule has 0 saturated heterocycles. The van der Waals surface area contributed by atoms with Gasteiger partial charge in [-0.2, -0.15) is 0 Å². The molecule has 15 rings (SSSR count). The monoisotopic (exact) mass is 1900 g/mol. The summed E-state index contributed by atoms with van der Waals surface area (Å²) in [6.07, 6.45) is 2.24. The third kappa shape index (κ3) is 25.2. The van der Waals surface area contributed by atoms with Gasteiger partial charge in [0.15, 0.2) is 5.82 Å². The maximum Gasteiger partial charge on any atom is 0.413 e. The van der Waals surface area contributed by atoms with Gasteiger partial charge in [0.05, 0.1) is 129 Å². The molecule has 0 atom stereocenters. The lowest BCUT2D eigenvalue weighted by molar-refractivity contribution is 0.0635. The summed E-state index contributed by atoms with van der Waals surface area (Å²) in [5, 5.41) is 22.1. The number of anilines is 3. The largest absolute Gasteiger partial charge is 0.495 e. The van der Waals surface area contributed by atoms with Crippen LogP contribution < -0.4 is 68.5 Å². The van der Waals surface area contributed by atoms with Crippen LogP contribution in [-0.4, -0.2) is 145 Å². The van der Waals surface area contributed by atoms with E-state index in [0.717, 1.165) is 61.3 Å². The number of nitrogen functional groups attached to an aromatic ring is 1. The molecule has 4 N–H and O–H groups in total. The maximum atomic E-state index is 12.1. The van der Waals surface area contributed by atoms with Crippen LogP contribution in [0.3, 0.4) is 0 Å². The van der Waals surface area contributed by atoms with E-state index in [0.29, 0.717) is 174 Å². The molecule has 15 aromatic rings. The zero-order chi connectivity index (χ0) is 94.1. The van der Waals surface area contributed by atoms with Crippen molar-refractivity contribution in [3.8, 4) is 113 Å². The molecule has 10 aromatic heterocycles. The third-order valence-electron chi connectivity index (χ3n) is 18.1. The number of nitrogens with zero attached hydrogens (tertiary/aromatic N) is 11. The van der Waals surface area contributed by atoms with Gasteiger partial charge in [-0.15, -0.1) is 16.4 Å². The number of carbonyl (C=O) groups excluding carboxylic acids is 1. The van der Waals surface area contributed by atoms with Crippen molar-refractivity contribution in [1.82, 2.24) is 54.6 Å². The van der Waals surface area contributed by atoms with E-state index >= 15 is 0 Å². The maximum absolute atomic E-state index is 12.1. The Balaban J connectivity index is 0.000000158. The molecule has 0 aliphatic carbocycles. The normalized spacial score (nSPS) is 11.3. The summed E-state index contributed by atoms with van der Waals surface area (Å²) in [6, 6.07) is 40.8. The molecule has 0 fully saturated rings. The minimum absolute atomic E-state index is 0.0122. The van der Waals surface area contributed by atoms with Gasteiger partial charge in [-0.25, -0.2) is 54.3 Å². The Labute approximate surface area is 788 Å². The lowest BCUT2D eigenvalue weighted by atomic mass is 10.1. The van der Waals surface area contributed by atoms with E-state index in [-0.39, 0.29) is 30.5 Å². The van der Waals surface area contributed by atoms with Crippen molar-refractivity contribution in [3.63, 3.8) is 0 Å². The number of fused-ring (bicyclic) bond motifs is 5. The first-order valence-electron chi connectivity index (χ1n) is 41.7. The number of methoxy groups -OCH3 is 5. The van der Waals surface area contributed by atoms with Gasteiger partial charge in [0, 0.05) is 92.0 Å². The first-order valence-corrected chi connectivity index (χ1v) is 45.4. The molecule has 0 aliphatic rings. The van der Waals surface area contributed by atoms with Crippen molar-refractivity contribution in [1.29, 1.82) is 0 Å². The second-order valence-corrected chi connectivity index (χ2v) is 35.4. The summed E-state index contributed by atoms with van der Waals surface area (Å²) in [6.45, 7) is 33.9. The van der Waals surface area contributed by atoms with Crippen LogP contribution in [0, 0.1) is 6.92 Å². The Morgan fingerprint density at radius 3 is 1.22 bits per heavy atom. The Morgan fingerprint density at radius 2 is 0.823 bits per heavy atom. The lowest BCUT2D eigenvalue weighted by Crippen LogP contribution is -2.27. The molecular weight excluding hydrogens is 1800 g/mol. The molecule has 0 unspecified atom stereocenters. The molecule has 0 radical (unpaired) electrons. The molecule has 684 valence electrons. The van der Waals surface area contributed by atoms with Crippen LogP contribution in [0.5, 0.6) is 62.7 Å². The molecule has 5 aromatic carbocycles. The number of carbonyl (C=O) groups is 1. The van der Waals surface area contributed by atoms with Crippen LogP contribution in [0.1, 0.15) is 123 Å². The Bertz CT molecular complexity index is 6490. The van der Waals surface area contributed by atoms with Crippen molar-refractivity contribution >= 4 is 159 Å². The predicted octanol–water partition coefficient (Wildman–Crippen LogP) is 25.8. The van der Waals surface area contributed by atoms with E-state index in [1.807, 2.05) is 190 Å². The van der Waals surface area contributed by atoms with Gasteiger partial charge in [0.1, 0.15) is 122 Å². The first kappa shape index (κ1) is 98.6. The number of aryl methyl sites for hydroxylation is 1. The Morgan fingerprint density at radius 1 is 0.423 bits per heavy atom. The Kier molecular flexibility index (Phi) is 33.8. The molecule has 34 heteroatoms. The number of hydrogen-bond donors (Lipinski definition) is 3. The van der Waals surface area contributed by atoms with Crippen molar-refractivity contribution in [2.45, 2.75) is 166 Å². The highest BCUT2D eigenvalue weighted by atomic mass is 35.5. The number of amides is 1. The standard InChI is InChI=1S/C23H26ClN3O4.C19H23ClN4O2.C19H21ClN2O2S.C18H18ClN3O2.C17H17ClN2O3S/c1-13(2)30-18-12-16(26-21-14(18)10-11-17(29-6)20(21)24)15-8-7-9-19(25-15)27-22(28)31-23(3,4)5;1-11(2)21-16-8-9-24(23-16)17-10-15(26-12(3)4)13-6-7-14(25-5)18(20)19(13)22-17;1-5-8-23-15-7-6-13-16(24-11(2)3)9-14(22-18(13)17(15)20)19-21-12(4)10-25-19;1-10(2)24-15-9-13(12-5-4-6-16(20)21-12)22-18-11(15)7-8-14(23-3)17(18)19;1-9(2)23-14-7-11(12-8-24-17(20-12)22-4)19-16-10(14)5-6-13(21-3)15(16)18/h7-13H,1-6H3,(H,25,27,28);6-12H,1-5H3,(H,21,23);6-7,9-11H,5,8H2,1-4H3;4-10H,1-3H3,(H2,20,21);5-9H,1-4H3. The summed E-state index contributed by atoms with van der Waals surface area (Å²) in [7, 11) is 7.87. The summed E-state index contributed by atoms with van der Waals surface area (Å²) in [4.78, 5) is 53.3. The number of rotatable bonds is 26. The number of aromatic nitrogens is 11. The van der Waals surface area contributed by atoms with Crippen LogP contribution in [0.25, 0.3) is 105 Å². The van der Waals surface area contributed by atoms with Crippen LogP contribution in [0.4, 0.5) is 22.2 Å². The molecule has 27 nitrogen and oxygen atoms in total. The van der Waals surface area contributed by atoms with E-state index < -0.39 is 11.7 Å². The second kappa shape index (κ2) is 44.6. The molecule has 0 spiro atoms. The van der Waals surface area contributed by atoms with Crippen LogP contribution in [0.15, 0.2) is 150 Å². The highest BCUT2D eigenvalue weighted by Gasteiger charge is 2.25. The average molecular weight is 1900 g/mol. The van der Waals surface area contributed by atoms with Crippen molar-refractivity contribution < 1.29 is 61.6 Å². The first-order chi connectivity index (χ1) is 62.0. The molecule has 0 bridgehead atoms. The van der Waals surface area contributed by atoms with Crippen molar-refractivity contribution in [2.24, 2.45) is 0 Å². The minimum Gasteiger partial charge on any atom is -0.495 e. The lowest BCUT2D eigenvalue weighted by Gasteiger charge is -2.19. The molecule has 130 heavy (non-hydrogen) atoms. The summed E-state index contributed by atoms with van der Waals surface area (Å²) in [5.74, 6) is 8.54. The SMILES string of the molecule is CCCOc1ccc2c(OC(C)C)cc(-c3nc(C)cs3)nc2c1Cl.COc1ccc2c(OC(C)C)cc(-c3cccc(N)n3)nc2c1Cl.COc1ccc2c(OC(C)C)cc(-c3cccc(NC(=O)OC(C)(C)C)n3)nc2c1Cl.COc1ccc2c(OC(C)C)cc(-n3ccc(NC(C)C)n3)nc2c1Cl.COc1nc(-c2cc(OC(C)C)c3ccc(OC)c(Cl)c3n2)cs1.